The normalized spacial score (nSPS) is 21.6. The molecule has 0 saturated carbocycles. The Morgan fingerprint density at radius 1 is 1.15 bits per heavy atom. The Bertz CT molecular complexity index is 1060. The van der Waals surface area contributed by atoms with Crippen LogP contribution in [0, 0.1) is 17.2 Å². The van der Waals surface area contributed by atoms with Crippen LogP contribution in [-0.2, 0) is 21.7 Å². The van der Waals surface area contributed by atoms with Crippen LogP contribution in [0.25, 0.3) is 0 Å². The van der Waals surface area contributed by atoms with Gasteiger partial charge in [-0.3, -0.25) is 19.5 Å². The molecule has 2 aliphatic heterocycles. The third-order valence-corrected chi connectivity index (χ3v) is 6.64. The van der Waals surface area contributed by atoms with Crippen LogP contribution in [0.1, 0.15) is 51.2 Å². The molecule has 180 valence electrons. The van der Waals surface area contributed by atoms with E-state index in [9.17, 15) is 18.8 Å². The topological polar surface area (TPSA) is 82.6 Å². The Morgan fingerprint density at radius 2 is 1.82 bits per heavy atom. The third-order valence-electron chi connectivity index (χ3n) is 6.64. The van der Waals surface area contributed by atoms with E-state index >= 15 is 0 Å². The molecule has 3 heterocycles. The maximum absolute atomic E-state index is 13.9. The van der Waals surface area contributed by atoms with Crippen LogP contribution in [0.5, 0.6) is 0 Å². The molecule has 8 heteroatoms. The molecule has 2 aromatic rings. The molecule has 7 nitrogen and oxygen atoms in total. The molecule has 2 saturated heterocycles. The van der Waals surface area contributed by atoms with Crippen molar-refractivity contribution in [3.05, 3.63) is 65.7 Å². The molecule has 1 unspecified atom stereocenters. The van der Waals surface area contributed by atoms with E-state index in [1.54, 1.807) is 30.6 Å². The highest BCUT2D eigenvalue weighted by molar-refractivity contribution is 6.07. The van der Waals surface area contributed by atoms with Crippen LogP contribution in [0.3, 0.4) is 0 Å². The standard InChI is InChI=1S/C26H31FN4O3/c1-25(2,3)15-22(32)30-13-10-19(11-14-30)26(20-5-4-12-28-16-20)23(33)31(24(34)29-26)17-18-6-8-21(27)9-7-18/h4-9,12,16,19H,10-11,13-15,17H2,1-3H3,(H,29,34). The number of piperidine rings is 1. The first-order valence-corrected chi connectivity index (χ1v) is 11.7. The number of carbonyl (C=O) groups excluding carboxylic acids is 3. The molecule has 34 heavy (non-hydrogen) atoms. The van der Waals surface area contributed by atoms with E-state index in [4.69, 9.17) is 0 Å². The van der Waals surface area contributed by atoms with Gasteiger partial charge in [0.25, 0.3) is 5.91 Å². The molecule has 0 aliphatic carbocycles. The number of rotatable bonds is 5. The molecular weight excluding hydrogens is 435 g/mol. The van der Waals surface area contributed by atoms with Gasteiger partial charge in [0.05, 0.1) is 6.54 Å². The van der Waals surface area contributed by atoms with Crippen LogP contribution in [0.4, 0.5) is 9.18 Å². The summed E-state index contributed by atoms with van der Waals surface area (Å²) in [5.41, 5.74) is -0.0463. The molecule has 4 rings (SSSR count). The van der Waals surface area contributed by atoms with Gasteiger partial charge in [0.2, 0.25) is 5.91 Å². The summed E-state index contributed by atoms with van der Waals surface area (Å²) in [6.45, 7) is 7.23. The second kappa shape index (κ2) is 9.16. The summed E-state index contributed by atoms with van der Waals surface area (Å²) < 4.78 is 13.3. The number of urea groups is 1. The van der Waals surface area contributed by atoms with E-state index < -0.39 is 11.6 Å². The molecule has 1 N–H and O–H groups in total. The highest BCUT2D eigenvalue weighted by Gasteiger charge is 2.57. The lowest BCUT2D eigenvalue weighted by Gasteiger charge is -2.41. The Morgan fingerprint density at radius 3 is 2.41 bits per heavy atom. The van der Waals surface area contributed by atoms with E-state index in [0.29, 0.717) is 43.5 Å². The smallest absolute Gasteiger partial charge is 0.325 e. The molecule has 1 atom stereocenters. The fourth-order valence-corrected chi connectivity index (χ4v) is 4.94. The lowest BCUT2D eigenvalue weighted by Crippen LogP contribution is -2.54. The van der Waals surface area contributed by atoms with Gasteiger partial charge >= 0.3 is 6.03 Å². The average Bonchev–Trinajstić information content (AvgIpc) is 3.05. The molecule has 1 aromatic carbocycles. The minimum absolute atomic E-state index is 0.0515. The van der Waals surface area contributed by atoms with Crippen molar-refractivity contribution in [3.8, 4) is 0 Å². The highest BCUT2D eigenvalue weighted by Crippen LogP contribution is 2.42. The number of pyridine rings is 1. The van der Waals surface area contributed by atoms with Crippen LogP contribution >= 0.6 is 0 Å². The maximum Gasteiger partial charge on any atom is 0.325 e. The van der Waals surface area contributed by atoms with Gasteiger partial charge in [0.15, 0.2) is 5.54 Å². The number of hydrogen-bond donors (Lipinski definition) is 1. The van der Waals surface area contributed by atoms with Crippen LogP contribution < -0.4 is 5.32 Å². The Kier molecular flexibility index (Phi) is 6.43. The number of amides is 4. The molecule has 4 amide bonds. The number of benzene rings is 1. The minimum atomic E-state index is -1.25. The summed E-state index contributed by atoms with van der Waals surface area (Å²) in [4.78, 5) is 46.9. The lowest BCUT2D eigenvalue weighted by molar-refractivity contribution is -0.137. The summed E-state index contributed by atoms with van der Waals surface area (Å²) in [7, 11) is 0. The molecule has 0 radical (unpaired) electrons. The van der Waals surface area contributed by atoms with Crippen molar-refractivity contribution in [1.29, 1.82) is 0 Å². The van der Waals surface area contributed by atoms with Crippen molar-refractivity contribution < 1.29 is 18.8 Å². The SMILES string of the molecule is CC(C)(C)CC(=O)N1CCC(C2(c3cccnc3)NC(=O)N(Cc3ccc(F)cc3)C2=O)CC1. The van der Waals surface area contributed by atoms with Crippen molar-refractivity contribution in [2.24, 2.45) is 11.3 Å². The number of aromatic nitrogens is 1. The second-order valence-corrected chi connectivity index (χ2v) is 10.4. The van der Waals surface area contributed by atoms with E-state index in [2.05, 4.69) is 10.3 Å². The first kappa shape index (κ1) is 23.9. The minimum Gasteiger partial charge on any atom is -0.343 e. The second-order valence-electron chi connectivity index (χ2n) is 10.4. The van der Waals surface area contributed by atoms with Crippen molar-refractivity contribution in [3.63, 3.8) is 0 Å². The number of imide groups is 1. The summed E-state index contributed by atoms with van der Waals surface area (Å²) >= 11 is 0. The van der Waals surface area contributed by atoms with E-state index in [1.807, 2.05) is 31.7 Å². The van der Waals surface area contributed by atoms with Crippen LogP contribution in [0.2, 0.25) is 0 Å². The van der Waals surface area contributed by atoms with Gasteiger partial charge in [-0.1, -0.05) is 39.0 Å². The number of nitrogens with zero attached hydrogens (tertiary/aromatic N) is 3. The van der Waals surface area contributed by atoms with E-state index in [-0.39, 0.29) is 35.5 Å². The van der Waals surface area contributed by atoms with Crippen molar-refractivity contribution in [2.45, 2.75) is 52.1 Å². The van der Waals surface area contributed by atoms with Gasteiger partial charge in [-0.15, -0.1) is 0 Å². The van der Waals surface area contributed by atoms with Crippen molar-refractivity contribution in [2.75, 3.05) is 13.1 Å². The molecule has 2 aliphatic rings. The first-order chi connectivity index (χ1) is 16.1. The van der Waals surface area contributed by atoms with E-state index in [0.717, 1.165) is 0 Å². The molecule has 1 aromatic heterocycles. The predicted molar refractivity (Wildman–Crippen MR) is 125 cm³/mol. The van der Waals surface area contributed by atoms with Gasteiger partial charge < -0.3 is 10.2 Å². The summed E-state index contributed by atoms with van der Waals surface area (Å²) in [6, 6.07) is 8.84. The predicted octanol–water partition coefficient (Wildman–Crippen LogP) is 3.84. The fraction of sp³-hybridized carbons (Fsp3) is 0.462. The Hall–Kier alpha value is -3.29. The monoisotopic (exact) mass is 466 g/mol. The average molecular weight is 467 g/mol. The van der Waals surface area contributed by atoms with E-state index in [1.165, 1.54) is 17.0 Å². The first-order valence-electron chi connectivity index (χ1n) is 11.7. The highest BCUT2D eigenvalue weighted by atomic mass is 19.1. The van der Waals surface area contributed by atoms with Crippen LogP contribution in [-0.4, -0.2) is 45.7 Å². The molecular formula is C26H31FN4O3. The van der Waals surface area contributed by atoms with Crippen molar-refractivity contribution in [1.82, 2.24) is 20.1 Å². The van der Waals surface area contributed by atoms with Gasteiger partial charge in [-0.2, -0.15) is 0 Å². The van der Waals surface area contributed by atoms with Gasteiger partial charge in [-0.25, -0.2) is 9.18 Å². The number of halogens is 1. The lowest BCUT2D eigenvalue weighted by atomic mass is 9.73. The van der Waals surface area contributed by atoms with Crippen molar-refractivity contribution >= 4 is 17.8 Å². The number of likely N-dealkylation sites (tertiary alicyclic amines) is 1. The number of carbonyl (C=O) groups is 3. The zero-order chi connectivity index (χ0) is 24.5. The van der Waals surface area contributed by atoms with Gasteiger partial charge in [-0.05, 0) is 47.9 Å². The zero-order valence-electron chi connectivity index (χ0n) is 19.9. The maximum atomic E-state index is 13.9. The summed E-state index contributed by atoms with van der Waals surface area (Å²) in [5.74, 6) is -0.793. The van der Waals surface area contributed by atoms with Crippen LogP contribution in [0.15, 0.2) is 48.8 Å². The summed E-state index contributed by atoms with van der Waals surface area (Å²) in [5, 5.41) is 2.99. The third kappa shape index (κ3) is 4.67. The largest absolute Gasteiger partial charge is 0.343 e. The number of hydrogen-bond acceptors (Lipinski definition) is 4. The number of nitrogens with one attached hydrogen (secondary N) is 1. The molecule has 0 spiro atoms. The Balaban J connectivity index is 1.59. The Labute approximate surface area is 199 Å². The molecule has 2 fully saturated rings. The fourth-order valence-electron chi connectivity index (χ4n) is 4.94. The zero-order valence-corrected chi connectivity index (χ0v) is 19.9. The van der Waals surface area contributed by atoms with Gasteiger partial charge in [0.1, 0.15) is 5.82 Å². The quantitative estimate of drug-likeness (QED) is 0.679. The molecule has 0 bridgehead atoms. The van der Waals surface area contributed by atoms with Gasteiger partial charge in [0, 0.05) is 37.5 Å². The summed E-state index contributed by atoms with van der Waals surface area (Å²) in [6.07, 6.45) is 4.88.